The largest absolute Gasteiger partial charge is 0.320 e. The molecule has 3 heteroatoms. The van der Waals surface area contributed by atoms with E-state index in [4.69, 9.17) is 0 Å². The van der Waals surface area contributed by atoms with Crippen molar-refractivity contribution in [2.75, 3.05) is 0 Å². The Kier molecular flexibility index (Phi) is 2.22. The molecule has 82 valence electrons. The fourth-order valence-corrected chi connectivity index (χ4v) is 1.87. The number of carbonyl (C=O) groups is 1. The molecule has 0 atom stereocenters. The Hall–Kier alpha value is -2.42. The van der Waals surface area contributed by atoms with Gasteiger partial charge in [-0.05, 0) is 23.8 Å². The molecule has 0 saturated heterocycles. The van der Waals surface area contributed by atoms with Gasteiger partial charge in [0, 0.05) is 6.20 Å². The molecule has 0 spiro atoms. The average molecular weight is 222 g/mol. The molecule has 3 rings (SSSR count). The van der Waals surface area contributed by atoms with Crippen LogP contribution in [0.2, 0.25) is 0 Å². The molecule has 1 N–H and O–H groups in total. The number of fused-ring (bicyclic) bond motifs is 1. The second kappa shape index (κ2) is 3.87. The molecular formula is C14H10N2O. The molecule has 1 aliphatic heterocycles. The summed E-state index contributed by atoms with van der Waals surface area (Å²) in [5, 5.41) is 2.83. The summed E-state index contributed by atoms with van der Waals surface area (Å²) < 4.78 is 0. The molecule has 0 unspecified atom stereocenters. The molecule has 1 aliphatic rings. The Morgan fingerprint density at radius 3 is 2.71 bits per heavy atom. The summed E-state index contributed by atoms with van der Waals surface area (Å²) in [4.78, 5) is 15.9. The Balaban J connectivity index is 2.08. The molecule has 1 amide bonds. The first-order valence-electron chi connectivity index (χ1n) is 5.38. The van der Waals surface area contributed by atoms with Gasteiger partial charge in [-0.3, -0.25) is 9.78 Å². The van der Waals surface area contributed by atoms with Gasteiger partial charge >= 0.3 is 0 Å². The van der Waals surface area contributed by atoms with Crippen LogP contribution in [0.3, 0.4) is 0 Å². The Morgan fingerprint density at radius 1 is 1.06 bits per heavy atom. The van der Waals surface area contributed by atoms with E-state index in [1.807, 2.05) is 36.4 Å². The van der Waals surface area contributed by atoms with Crippen LogP contribution in [0.5, 0.6) is 0 Å². The van der Waals surface area contributed by atoms with Gasteiger partial charge in [-0.1, -0.05) is 30.3 Å². The van der Waals surface area contributed by atoms with Gasteiger partial charge in [0.2, 0.25) is 0 Å². The van der Waals surface area contributed by atoms with Crippen molar-refractivity contribution < 1.29 is 4.79 Å². The maximum absolute atomic E-state index is 11.7. The van der Waals surface area contributed by atoms with Gasteiger partial charge in [0.05, 0.1) is 17.0 Å². The first-order chi connectivity index (χ1) is 8.34. The number of nitrogens with zero attached hydrogens (tertiary/aromatic N) is 1. The van der Waals surface area contributed by atoms with Crippen LogP contribution in [-0.4, -0.2) is 10.9 Å². The van der Waals surface area contributed by atoms with Crippen molar-refractivity contribution in [3.63, 3.8) is 0 Å². The first kappa shape index (κ1) is 9.78. The fraction of sp³-hybridized carbons (Fsp3) is 0. The predicted octanol–water partition coefficient (Wildman–Crippen LogP) is 2.32. The highest BCUT2D eigenvalue weighted by molar-refractivity contribution is 6.10. The molecule has 2 aromatic rings. The molecule has 0 saturated carbocycles. The predicted molar refractivity (Wildman–Crippen MR) is 66.0 cm³/mol. The zero-order valence-corrected chi connectivity index (χ0v) is 9.05. The summed E-state index contributed by atoms with van der Waals surface area (Å²) in [6.45, 7) is 0. The van der Waals surface area contributed by atoms with Crippen LogP contribution in [0.4, 0.5) is 0 Å². The van der Waals surface area contributed by atoms with Gasteiger partial charge in [-0.15, -0.1) is 0 Å². The monoisotopic (exact) mass is 222 g/mol. The van der Waals surface area contributed by atoms with Crippen molar-refractivity contribution in [2.45, 2.75) is 0 Å². The van der Waals surface area contributed by atoms with Gasteiger partial charge in [-0.2, -0.15) is 0 Å². The van der Waals surface area contributed by atoms with E-state index >= 15 is 0 Å². The number of pyridine rings is 1. The number of benzene rings is 1. The number of amides is 1. The lowest BCUT2D eigenvalue weighted by atomic mass is 10.1. The van der Waals surface area contributed by atoms with E-state index in [9.17, 15) is 4.79 Å². The number of carbonyl (C=O) groups excluding carboxylic acids is 1. The van der Waals surface area contributed by atoms with Gasteiger partial charge in [0.25, 0.3) is 5.91 Å². The Labute approximate surface area is 98.8 Å². The lowest BCUT2D eigenvalue weighted by Crippen LogP contribution is -2.11. The minimum atomic E-state index is -0.0877. The third-order valence-corrected chi connectivity index (χ3v) is 2.67. The maximum Gasteiger partial charge on any atom is 0.257 e. The summed E-state index contributed by atoms with van der Waals surface area (Å²) in [5.41, 5.74) is 3.16. The van der Waals surface area contributed by atoms with Crippen LogP contribution in [0, 0.1) is 0 Å². The van der Waals surface area contributed by atoms with Gasteiger partial charge in [0.1, 0.15) is 0 Å². The van der Waals surface area contributed by atoms with Crippen LogP contribution >= 0.6 is 0 Å². The highest BCUT2D eigenvalue weighted by Gasteiger charge is 2.23. The van der Waals surface area contributed by atoms with Gasteiger partial charge < -0.3 is 5.32 Å². The standard InChI is InChI=1S/C14H10N2O/c17-14-11-7-4-8-15-13(11)12(16-14)9-10-5-2-1-3-6-10/h1-9H,(H,16,17)/b12-9-. The van der Waals surface area contributed by atoms with E-state index in [1.165, 1.54) is 0 Å². The number of rotatable bonds is 1. The van der Waals surface area contributed by atoms with Crippen LogP contribution < -0.4 is 5.32 Å². The van der Waals surface area contributed by atoms with Crippen molar-refractivity contribution in [2.24, 2.45) is 0 Å². The lowest BCUT2D eigenvalue weighted by Gasteiger charge is -1.98. The molecule has 0 bridgehead atoms. The highest BCUT2D eigenvalue weighted by atomic mass is 16.1. The van der Waals surface area contributed by atoms with Gasteiger partial charge in [-0.25, -0.2) is 0 Å². The molecule has 0 fully saturated rings. The quantitative estimate of drug-likeness (QED) is 0.804. The van der Waals surface area contributed by atoms with Crippen molar-refractivity contribution in [3.05, 3.63) is 65.5 Å². The SMILES string of the molecule is O=C1N/C(=C\c2ccccc2)c2ncccc21. The molecule has 1 aromatic heterocycles. The fourth-order valence-electron chi connectivity index (χ4n) is 1.87. The van der Waals surface area contributed by atoms with Crippen LogP contribution in [0.1, 0.15) is 21.6 Å². The minimum absolute atomic E-state index is 0.0877. The zero-order valence-electron chi connectivity index (χ0n) is 9.05. The second-order valence-corrected chi connectivity index (χ2v) is 3.82. The van der Waals surface area contributed by atoms with E-state index in [1.54, 1.807) is 18.3 Å². The molecule has 17 heavy (non-hydrogen) atoms. The number of nitrogens with one attached hydrogen (secondary N) is 1. The number of aromatic nitrogens is 1. The summed E-state index contributed by atoms with van der Waals surface area (Å²) >= 11 is 0. The van der Waals surface area contributed by atoms with Gasteiger partial charge in [0.15, 0.2) is 0 Å². The highest BCUT2D eigenvalue weighted by Crippen LogP contribution is 2.23. The summed E-state index contributed by atoms with van der Waals surface area (Å²) in [7, 11) is 0. The smallest absolute Gasteiger partial charge is 0.257 e. The molecule has 3 nitrogen and oxygen atoms in total. The number of hydrogen-bond acceptors (Lipinski definition) is 2. The summed E-state index contributed by atoms with van der Waals surface area (Å²) in [6.07, 6.45) is 3.62. The molecule has 0 aliphatic carbocycles. The van der Waals surface area contributed by atoms with Crippen LogP contribution in [0.25, 0.3) is 11.8 Å². The Morgan fingerprint density at radius 2 is 1.88 bits per heavy atom. The number of hydrogen-bond donors (Lipinski definition) is 1. The van der Waals surface area contributed by atoms with Crippen molar-refractivity contribution in [1.29, 1.82) is 0 Å². The van der Waals surface area contributed by atoms with Crippen LogP contribution in [-0.2, 0) is 0 Å². The zero-order chi connectivity index (χ0) is 11.7. The Bertz CT molecular complexity index is 603. The van der Waals surface area contributed by atoms with E-state index in [0.29, 0.717) is 5.56 Å². The topological polar surface area (TPSA) is 42.0 Å². The van der Waals surface area contributed by atoms with E-state index in [-0.39, 0.29) is 5.91 Å². The molecule has 0 radical (unpaired) electrons. The molecule has 2 heterocycles. The third-order valence-electron chi connectivity index (χ3n) is 2.67. The second-order valence-electron chi connectivity index (χ2n) is 3.82. The summed E-state index contributed by atoms with van der Waals surface area (Å²) in [6, 6.07) is 13.4. The summed E-state index contributed by atoms with van der Waals surface area (Å²) in [5.74, 6) is -0.0877. The lowest BCUT2D eigenvalue weighted by molar-refractivity contribution is 0.0981. The normalized spacial score (nSPS) is 15.8. The maximum atomic E-state index is 11.7. The van der Waals surface area contributed by atoms with Crippen LogP contribution in [0.15, 0.2) is 48.7 Å². The van der Waals surface area contributed by atoms with Crippen molar-refractivity contribution in [1.82, 2.24) is 10.3 Å². The van der Waals surface area contributed by atoms with Crippen molar-refractivity contribution in [3.8, 4) is 0 Å². The van der Waals surface area contributed by atoms with E-state index < -0.39 is 0 Å². The van der Waals surface area contributed by atoms with E-state index in [2.05, 4.69) is 10.3 Å². The third kappa shape index (κ3) is 1.72. The first-order valence-corrected chi connectivity index (χ1v) is 5.38. The minimum Gasteiger partial charge on any atom is -0.320 e. The molecular weight excluding hydrogens is 212 g/mol. The average Bonchev–Trinajstić information content (AvgIpc) is 2.69. The molecule has 1 aromatic carbocycles. The van der Waals surface area contributed by atoms with E-state index in [0.717, 1.165) is 17.0 Å². The van der Waals surface area contributed by atoms with Crippen molar-refractivity contribution >= 4 is 17.7 Å².